The number of carbonyl (C=O) groups is 5. The minimum atomic E-state index is -3.91. The number of amides is 2. The van der Waals surface area contributed by atoms with Crippen LogP contribution in [0.2, 0.25) is 5.02 Å². The molecular weight excluding hydrogens is 763 g/mol. The van der Waals surface area contributed by atoms with E-state index in [1.807, 2.05) is 0 Å². The SMILES string of the molecule is CC(=O)c1cn(CC(=O)N2CC(F)CC2C(=O)NCc2cccc(Cl)c2F)c2cc(OCP(=O)(NC(C)C(=O)OC(C)C)NC(C)C(=O)OC(C)C)ccc12. The first-order valence-corrected chi connectivity index (χ1v) is 20.0. The van der Waals surface area contributed by atoms with Crippen LogP contribution in [-0.4, -0.2) is 88.4 Å². The second kappa shape index (κ2) is 18.5. The maximum Gasteiger partial charge on any atom is 0.323 e. The van der Waals surface area contributed by atoms with Gasteiger partial charge in [0.2, 0.25) is 19.3 Å². The Balaban J connectivity index is 1.56. The number of carbonyl (C=O) groups excluding carboxylic acids is 5. The van der Waals surface area contributed by atoms with Gasteiger partial charge in [0.1, 0.15) is 42.4 Å². The Morgan fingerprint density at radius 1 is 0.964 bits per heavy atom. The zero-order chi connectivity index (χ0) is 40.8. The van der Waals surface area contributed by atoms with E-state index in [0.29, 0.717) is 10.9 Å². The molecule has 1 aliphatic heterocycles. The van der Waals surface area contributed by atoms with E-state index in [4.69, 9.17) is 25.8 Å². The molecule has 0 aliphatic carbocycles. The van der Waals surface area contributed by atoms with Crippen molar-refractivity contribution < 1.29 is 51.5 Å². The summed E-state index contributed by atoms with van der Waals surface area (Å²) in [5, 5.41) is 8.35. The van der Waals surface area contributed by atoms with E-state index in [1.54, 1.807) is 33.8 Å². The molecule has 4 atom stereocenters. The lowest BCUT2D eigenvalue weighted by Crippen LogP contribution is -2.46. The molecule has 55 heavy (non-hydrogen) atoms. The highest BCUT2D eigenvalue weighted by Gasteiger charge is 2.40. The lowest BCUT2D eigenvalue weighted by Gasteiger charge is -2.27. The van der Waals surface area contributed by atoms with Gasteiger partial charge < -0.3 is 29.0 Å². The number of Topliss-reactive ketones (excluding diaryl/α,β-unsaturated/α-hetero) is 1. The van der Waals surface area contributed by atoms with Crippen molar-refractivity contribution in [1.29, 1.82) is 0 Å². The largest absolute Gasteiger partial charge is 0.483 e. The first-order valence-electron chi connectivity index (χ1n) is 17.7. The quantitative estimate of drug-likeness (QED) is 0.0920. The Morgan fingerprint density at radius 3 is 2.16 bits per heavy atom. The van der Waals surface area contributed by atoms with Gasteiger partial charge in [0.05, 0.1) is 29.3 Å². The Bertz CT molecular complexity index is 1940. The number of ether oxygens (including phenoxy) is 3. The van der Waals surface area contributed by atoms with Crippen molar-refractivity contribution in [2.75, 3.05) is 12.9 Å². The summed E-state index contributed by atoms with van der Waals surface area (Å²) in [5.74, 6) is -3.49. The molecule has 2 aromatic carbocycles. The van der Waals surface area contributed by atoms with Gasteiger partial charge in [-0.3, -0.25) is 28.5 Å². The van der Waals surface area contributed by atoms with Gasteiger partial charge in [-0.05, 0) is 66.7 Å². The molecule has 300 valence electrons. The average Bonchev–Trinajstić information content (AvgIpc) is 3.67. The smallest absolute Gasteiger partial charge is 0.323 e. The Morgan fingerprint density at radius 2 is 1.58 bits per heavy atom. The third-order valence-electron chi connectivity index (χ3n) is 8.52. The second-order valence-electron chi connectivity index (χ2n) is 13.9. The molecule has 2 amide bonds. The average molecular weight is 810 g/mol. The van der Waals surface area contributed by atoms with Crippen LogP contribution in [-0.2, 0) is 46.3 Å². The zero-order valence-electron chi connectivity index (χ0n) is 31.7. The first-order chi connectivity index (χ1) is 25.8. The molecule has 4 rings (SSSR count). The lowest BCUT2D eigenvalue weighted by molar-refractivity contribution is -0.149. The van der Waals surface area contributed by atoms with E-state index in [0.717, 1.165) is 4.90 Å². The highest BCUT2D eigenvalue weighted by atomic mass is 35.5. The Kier molecular flexibility index (Phi) is 14.6. The van der Waals surface area contributed by atoms with Crippen LogP contribution >= 0.6 is 19.0 Å². The topological polar surface area (TPSA) is 174 Å². The molecule has 14 nitrogen and oxygen atoms in total. The molecule has 3 N–H and O–H groups in total. The standard InChI is InChI=1S/C37H47ClF2N5O9P/c1-20(2)53-36(49)22(5)42-55(51,43-23(6)37(50)54-21(3)4)19-52-27-11-12-28-29(24(7)46)17-44(31(28)14-27)18-33(47)45-16-26(39)13-32(45)35(48)41-15-25-9-8-10-30(38)34(25)40/h8-12,14,17,20-23,26,32H,13,15-16,18-19H2,1-7H3,(H,41,48)(H2,42,43,51). The summed E-state index contributed by atoms with van der Waals surface area (Å²) in [5.41, 5.74) is 0.764. The summed E-state index contributed by atoms with van der Waals surface area (Å²) in [6.07, 6.45) is -1.72. The van der Waals surface area contributed by atoms with E-state index >= 15 is 0 Å². The normalized spacial score (nSPS) is 17.9. The van der Waals surface area contributed by atoms with Gasteiger partial charge >= 0.3 is 11.9 Å². The molecule has 1 aliphatic rings. The number of hydrogen-bond acceptors (Lipinski definition) is 9. The van der Waals surface area contributed by atoms with E-state index in [1.165, 1.54) is 61.9 Å². The summed E-state index contributed by atoms with van der Waals surface area (Å²) < 4.78 is 61.2. The van der Waals surface area contributed by atoms with E-state index < -0.39 is 79.9 Å². The first kappa shape index (κ1) is 43.4. The molecule has 1 fully saturated rings. The number of alkyl halides is 1. The van der Waals surface area contributed by atoms with Crippen molar-refractivity contribution in [2.24, 2.45) is 0 Å². The van der Waals surface area contributed by atoms with Gasteiger partial charge in [-0.25, -0.2) is 19.0 Å². The summed E-state index contributed by atoms with van der Waals surface area (Å²) in [6, 6.07) is 5.63. The van der Waals surface area contributed by atoms with Crippen molar-refractivity contribution in [1.82, 2.24) is 25.0 Å². The fourth-order valence-corrected chi connectivity index (χ4v) is 8.19. The summed E-state index contributed by atoms with van der Waals surface area (Å²) in [7, 11) is -3.91. The lowest BCUT2D eigenvalue weighted by atomic mass is 10.1. The number of hydrogen-bond donors (Lipinski definition) is 3. The fraction of sp³-hybridized carbons (Fsp3) is 0.486. The van der Waals surface area contributed by atoms with Crippen LogP contribution in [0.5, 0.6) is 5.75 Å². The molecular formula is C37H47ClF2N5O9P. The van der Waals surface area contributed by atoms with E-state index in [2.05, 4.69) is 15.5 Å². The number of esters is 2. The van der Waals surface area contributed by atoms with Gasteiger partial charge in [-0.1, -0.05) is 23.7 Å². The third kappa shape index (κ3) is 11.3. The van der Waals surface area contributed by atoms with E-state index in [9.17, 15) is 37.3 Å². The summed E-state index contributed by atoms with van der Waals surface area (Å²) >= 11 is 5.84. The van der Waals surface area contributed by atoms with Gasteiger partial charge in [0.25, 0.3) is 0 Å². The fourth-order valence-electron chi connectivity index (χ4n) is 5.98. The van der Waals surface area contributed by atoms with Crippen LogP contribution in [0.15, 0.2) is 42.6 Å². The number of fused-ring (bicyclic) bond motifs is 1. The number of nitrogens with zero attached hydrogens (tertiary/aromatic N) is 2. The number of likely N-dealkylation sites (tertiary alicyclic amines) is 1. The number of rotatable bonds is 17. The monoisotopic (exact) mass is 809 g/mol. The number of ketones is 1. The van der Waals surface area contributed by atoms with Crippen molar-refractivity contribution in [3.05, 3.63) is 64.6 Å². The number of halogens is 3. The third-order valence-corrected chi connectivity index (χ3v) is 10.9. The molecule has 0 saturated carbocycles. The Labute approximate surface area is 323 Å². The van der Waals surface area contributed by atoms with Crippen LogP contribution in [0.4, 0.5) is 8.78 Å². The zero-order valence-corrected chi connectivity index (χ0v) is 33.3. The molecule has 4 unspecified atom stereocenters. The molecule has 18 heteroatoms. The minimum absolute atomic E-state index is 0.121. The molecule has 2 heterocycles. The maximum absolute atomic E-state index is 14.7. The predicted molar refractivity (Wildman–Crippen MR) is 201 cm³/mol. The second-order valence-corrected chi connectivity index (χ2v) is 16.6. The predicted octanol–water partition coefficient (Wildman–Crippen LogP) is 5.28. The summed E-state index contributed by atoms with van der Waals surface area (Å²) in [6.45, 7) is 9.95. The van der Waals surface area contributed by atoms with Gasteiger partial charge in [-0.2, -0.15) is 0 Å². The Hall–Kier alpha value is -4.37. The minimum Gasteiger partial charge on any atom is -0.483 e. The molecule has 1 saturated heterocycles. The highest BCUT2D eigenvalue weighted by Crippen LogP contribution is 2.39. The van der Waals surface area contributed by atoms with Crippen molar-refractivity contribution in [3.8, 4) is 5.75 Å². The van der Waals surface area contributed by atoms with Crippen LogP contribution in [0.3, 0.4) is 0 Å². The molecule has 0 bridgehead atoms. The molecule has 0 spiro atoms. The van der Waals surface area contributed by atoms with E-state index in [-0.39, 0.29) is 53.7 Å². The molecule has 3 aromatic rings. The van der Waals surface area contributed by atoms with Gasteiger partial charge in [-0.15, -0.1) is 0 Å². The number of benzene rings is 2. The van der Waals surface area contributed by atoms with Crippen molar-refractivity contribution in [2.45, 2.75) is 104 Å². The van der Waals surface area contributed by atoms with Crippen LogP contribution < -0.4 is 20.2 Å². The molecule has 0 radical (unpaired) electrons. The maximum atomic E-state index is 14.7. The highest BCUT2D eigenvalue weighted by molar-refractivity contribution is 7.59. The van der Waals surface area contributed by atoms with Crippen LogP contribution in [0.1, 0.15) is 70.8 Å². The van der Waals surface area contributed by atoms with Crippen LogP contribution in [0.25, 0.3) is 10.9 Å². The van der Waals surface area contributed by atoms with Crippen LogP contribution in [0, 0.1) is 5.82 Å². The molecule has 1 aromatic heterocycles. The van der Waals surface area contributed by atoms with Crippen molar-refractivity contribution in [3.63, 3.8) is 0 Å². The van der Waals surface area contributed by atoms with Gasteiger partial charge in [0.15, 0.2) is 12.1 Å². The number of aromatic nitrogens is 1. The van der Waals surface area contributed by atoms with Crippen molar-refractivity contribution >= 4 is 59.5 Å². The number of nitrogens with one attached hydrogen (secondary N) is 3. The summed E-state index contributed by atoms with van der Waals surface area (Å²) in [4.78, 5) is 65.8. The van der Waals surface area contributed by atoms with Gasteiger partial charge in [0, 0.05) is 41.7 Å².